The third-order valence-electron chi connectivity index (χ3n) is 3.17. The van der Waals surface area contributed by atoms with Crippen molar-refractivity contribution in [2.75, 3.05) is 12.4 Å². The van der Waals surface area contributed by atoms with Gasteiger partial charge in [-0.1, -0.05) is 30.3 Å². The molecule has 1 amide bonds. The van der Waals surface area contributed by atoms with Crippen LogP contribution in [-0.2, 0) is 11.2 Å². The van der Waals surface area contributed by atoms with Crippen LogP contribution in [0.2, 0.25) is 0 Å². The molecule has 1 aliphatic heterocycles. The van der Waals surface area contributed by atoms with Crippen molar-refractivity contribution in [1.29, 1.82) is 0 Å². The Balaban J connectivity index is 2.07. The lowest BCUT2D eigenvalue weighted by Gasteiger charge is -2.09. The Kier molecular flexibility index (Phi) is 2.52. The molecule has 18 heavy (non-hydrogen) atoms. The van der Waals surface area contributed by atoms with Gasteiger partial charge in [0.25, 0.3) is 0 Å². The van der Waals surface area contributed by atoms with E-state index in [9.17, 15) is 4.79 Å². The number of fused-ring (bicyclic) bond motifs is 1. The first kappa shape index (κ1) is 10.8. The highest BCUT2D eigenvalue weighted by molar-refractivity contribution is 6.03. The van der Waals surface area contributed by atoms with Gasteiger partial charge in [-0.05, 0) is 23.3 Å². The summed E-state index contributed by atoms with van der Waals surface area (Å²) in [7, 11) is 1.65. The molecule has 0 aromatic heterocycles. The van der Waals surface area contributed by atoms with Crippen LogP contribution in [0.1, 0.15) is 5.56 Å². The lowest BCUT2D eigenvalue weighted by molar-refractivity contribution is -0.115. The van der Waals surface area contributed by atoms with Crippen LogP contribution in [0.15, 0.2) is 42.5 Å². The summed E-state index contributed by atoms with van der Waals surface area (Å²) in [5.41, 5.74) is 4.14. The SMILES string of the molecule is COc1ccc(-c2cccc3c2NC(=O)C3)cc1. The van der Waals surface area contributed by atoms with E-state index in [4.69, 9.17) is 4.74 Å². The summed E-state index contributed by atoms with van der Waals surface area (Å²) in [5, 5.41) is 2.92. The number of methoxy groups -OCH3 is 1. The van der Waals surface area contributed by atoms with E-state index < -0.39 is 0 Å². The summed E-state index contributed by atoms with van der Waals surface area (Å²) in [4.78, 5) is 11.5. The normalized spacial score (nSPS) is 13.1. The van der Waals surface area contributed by atoms with Crippen LogP contribution in [0, 0.1) is 0 Å². The minimum absolute atomic E-state index is 0.0611. The van der Waals surface area contributed by atoms with Crippen molar-refractivity contribution in [2.45, 2.75) is 6.42 Å². The minimum atomic E-state index is 0.0611. The van der Waals surface area contributed by atoms with E-state index >= 15 is 0 Å². The molecule has 2 aromatic rings. The van der Waals surface area contributed by atoms with Gasteiger partial charge in [0.1, 0.15) is 5.75 Å². The van der Waals surface area contributed by atoms with Gasteiger partial charge in [0.15, 0.2) is 0 Å². The molecule has 0 saturated carbocycles. The molecule has 90 valence electrons. The van der Waals surface area contributed by atoms with Crippen molar-refractivity contribution in [3.8, 4) is 16.9 Å². The van der Waals surface area contributed by atoms with Crippen molar-refractivity contribution in [1.82, 2.24) is 0 Å². The highest BCUT2D eigenvalue weighted by atomic mass is 16.5. The van der Waals surface area contributed by atoms with E-state index in [1.54, 1.807) is 7.11 Å². The van der Waals surface area contributed by atoms with Crippen LogP contribution in [0.25, 0.3) is 11.1 Å². The van der Waals surface area contributed by atoms with Crippen molar-refractivity contribution in [3.63, 3.8) is 0 Å². The van der Waals surface area contributed by atoms with Gasteiger partial charge in [-0.2, -0.15) is 0 Å². The van der Waals surface area contributed by atoms with Crippen LogP contribution in [0.4, 0.5) is 5.69 Å². The third kappa shape index (κ3) is 1.74. The maximum Gasteiger partial charge on any atom is 0.228 e. The standard InChI is InChI=1S/C15H13NO2/c1-18-12-7-5-10(6-8-12)13-4-2-3-11-9-14(17)16-15(11)13/h2-8H,9H2,1H3,(H,16,17). The molecule has 0 atom stereocenters. The molecule has 2 aromatic carbocycles. The van der Waals surface area contributed by atoms with E-state index in [0.717, 1.165) is 28.1 Å². The zero-order valence-electron chi connectivity index (χ0n) is 10.1. The quantitative estimate of drug-likeness (QED) is 0.875. The van der Waals surface area contributed by atoms with Crippen LogP contribution in [-0.4, -0.2) is 13.0 Å². The molecule has 3 nitrogen and oxygen atoms in total. The maximum absolute atomic E-state index is 11.5. The lowest BCUT2D eigenvalue weighted by Crippen LogP contribution is -2.04. The molecule has 0 saturated heterocycles. The second-order valence-electron chi connectivity index (χ2n) is 4.29. The van der Waals surface area contributed by atoms with Gasteiger partial charge < -0.3 is 10.1 Å². The predicted molar refractivity (Wildman–Crippen MR) is 70.8 cm³/mol. The van der Waals surface area contributed by atoms with Gasteiger partial charge in [-0.25, -0.2) is 0 Å². The van der Waals surface area contributed by atoms with Gasteiger partial charge >= 0.3 is 0 Å². The number of benzene rings is 2. The fraction of sp³-hybridized carbons (Fsp3) is 0.133. The first-order chi connectivity index (χ1) is 8.78. The Bertz CT molecular complexity index is 602. The second-order valence-corrected chi connectivity index (χ2v) is 4.29. The molecule has 3 rings (SSSR count). The smallest absolute Gasteiger partial charge is 0.228 e. The van der Waals surface area contributed by atoms with E-state index in [1.165, 1.54) is 0 Å². The molecule has 0 aliphatic carbocycles. The largest absolute Gasteiger partial charge is 0.497 e. The Morgan fingerprint density at radius 1 is 1.11 bits per heavy atom. The topological polar surface area (TPSA) is 38.3 Å². The van der Waals surface area contributed by atoms with Crippen LogP contribution in [0.5, 0.6) is 5.75 Å². The summed E-state index contributed by atoms with van der Waals surface area (Å²) in [6, 6.07) is 13.8. The summed E-state index contributed by atoms with van der Waals surface area (Å²) >= 11 is 0. The van der Waals surface area contributed by atoms with Crippen molar-refractivity contribution >= 4 is 11.6 Å². The predicted octanol–water partition coefficient (Wildman–Crippen LogP) is 2.86. The fourth-order valence-corrected chi connectivity index (χ4v) is 2.26. The molecule has 1 aliphatic rings. The molecule has 0 fully saturated rings. The fourth-order valence-electron chi connectivity index (χ4n) is 2.26. The Morgan fingerprint density at radius 3 is 2.61 bits per heavy atom. The molecular formula is C15H13NO2. The number of anilines is 1. The number of amides is 1. The summed E-state index contributed by atoms with van der Waals surface area (Å²) in [5.74, 6) is 0.890. The molecule has 0 bridgehead atoms. The summed E-state index contributed by atoms with van der Waals surface area (Å²) < 4.78 is 5.15. The van der Waals surface area contributed by atoms with Gasteiger partial charge in [0, 0.05) is 5.56 Å². The van der Waals surface area contributed by atoms with Gasteiger partial charge in [-0.3, -0.25) is 4.79 Å². The monoisotopic (exact) mass is 239 g/mol. The zero-order chi connectivity index (χ0) is 12.5. The molecular weight excluding hydrogens is 226 g/mol. The van der Waals surface area contributed by atoms with Crippen molar-refractivity contribution in [2.24, 2.45) is 0 Å². The average molecular weight is 239 g/mol. The second kappa shape index (κ2) is 4.18. The number of nitrogens with one attached hydrogen (secondary N) is 1. The Morgan fingerprint density at radius 2 is 1.89 bits per heavy atom. The molecule has 1 heterocycles. The number of hydrogen-bond acceptors (Lipinski definition) is 2. The first-order valence-electron chi connectivity index (χ1n) is 5.84. The summed E-state index contributed by atoms with van der Waals surface area (Å²) in [6.07, 6.45) is 0.472. The highest BCUT2D eigenvalue weighted by Crippen LogP contribution is 2.35. The number of carbonyl (C=O) groups is 1. The van der Waals surface area contributed by atoms with Crippen molar-refractivity contribution < 1.29 is 9.53 Å². The first-order valence-corrected chi connectivity index (χ1v) is 5.84. The number of para-hydroxylation sites is 1. The number of ether oxygens (including phenoxy) is 1. The van der Waals surface area contributed by atoms with Crippen LogP contribution in [0.3, 0.4) is 0 Å². The van der Waals surface area contributed by atoms with Gasteiger partial charge in [-0.15, -0.1) is 0 Å². The molecule has 0 spiro atoms. The van der Waals surface area contributed by atoms with Crippen LogP contribution >= 0.6 is 0 Å². The van der Waals surface area contributed by atoms with E-state index in [0.29, 0.717) is 6.42 Å². The molecule has 0 radical (unpaired) electrons. The Hall–Kier alpha value is -2.29. The number of carbonyl (C=O) groups excluding carboxylic acids is 1. The van der Waals surface area contributed by atoms with Gasteiger partial charge in [0.2, 0.25) is 5.91 Å². The minimum Gasteiger partial charge on any atom is -0.497 e. The van der Waals surface area contributed by atoms with E-state index in [-0.39, 0.29) is 5.91 Å². The van der Waals surface area contributed by atoms with Crippen LogP contribution < -0.4 is 10.1 Å². The van der Waals surface area contributed by atoms with E-state index in [1.807, 2.05) is 42.5 Å². The third-order valence-corrected chi connectivity index (χ3v) is 3.17. The zero-order valence-corrected chi connectivity index (χ0v) is 10.1. The lowest BCUT2D eigenvalue weighted by atomic mass is 10.0. The number of hydrogen-bond donors (Lipinski definition) is 1. The maximum atomic E-state index is 11.5. The average Bonchev–Trinajstić information content (AvgIpc) is 2.79. The van der Waals surface area contributed by atoms with Gasteiger partial charge in [0.05, 0.1) is 19.2 Å². The molecule has 1 N–H and O–H groups in total. The number of rotatable bonds is 2. The summed E-state index contributed by atoms with van der Waals surface area (Å²) in [6.45, 7) is 0. The van der Waals surface area contributed by atoms with E-state index in [2.05, 4.69) is 5.32 Å². The van der Waals surface area contributed by atoms with Crippen molar-refractivity contribution in [3.05, 3.63) is 48.0 Å². The Labute approximate surface area is 105 Å². The highest BCUT2D eigenvalue weighted by Gasteiger charge is 2.20. The molecule has 0 unspecified atom stereocenters. The molecule has 3 heteroatoms.